The number of carbonyl (C=O) groups excluding carboxylic acids is 2. The van der Waals surface area contributed by atoms with Gasteiger partial charge in [0, 0.05) is 19.0 Å². The number of unbranched alkanes of at least 4 members (excludes halogenated alkanes) is 2. The molecule has 2 aliphatic carbocycles. The first kappa shape index (κ1) is 18.2. The van der Waals surface area contributed by atoms with Crippen molar-refractivity contribution >= 4 is 24.3 Å². The predicted octanol–water partition coefficient (Wildman–Crippen LogP) is 1.63. The van der Waals surface area contributed by atoms with Crippen LogP contribution in [0.2, 0.25) is 0 Å². The Labute approximate surface area is 132 Å². The van der Waals surface area contributed by atoms with Gasteiger partial charge in [0.05, 0.1) is 13.0 Å². The number of rotatable bonds is 7. The molecule has 122 valence electrons. The summed E-state index contributed by atoms with van der Waals surface area (Å²) >= 11 is 0. The minimum Gasteiger partial charge on any atom is -0.469 e. The molecule has 1 amide bonds. The summed E-state index contributed by atoms with van der Waals surface area (Å²) in [4.78, 5) is 23.1. The first-order valence-electron chi connectivity index (χ1n) is 7.73. The first-order valence-corrected chi connectivity index (χ1v) is 7.73. The maximum Gasteiger partial charge on any atom is 0.305 e. The van der Waals surface area contributed by atoms with Crippen molar-refractivity contribution in [2.75, 3.05) is 13.7 Å². The van der Waals surface area contributed by atoms with Crippen LogP contribution >= 0.6 is 12.4 Å². The number of nitrogens with two attached hydrogens (primary N) is 1. The van der Waals surface area contributed by atoms with Gasteiger partial charge in [-0.2, -0.15) is 0 Å². The van der Waals surface area contributed by atoms with Crippen LogP contribution in [-0.4, -0.2) is 31.6 Å². The molecule has 0 aromatic rings. The van der Waals surface area contributed by atoms with Crippen LogP contribution in [-0.2, 0) is 14.3 Å². The van der Waals surface area contributed by atoms with E-state index in [0.29, 0.717) is 24.8 Å². The van der Waals surface area contributed by atoms with Crippen molar-refractivity contribution in [1.82, 2.24) is 5.32 Å². The van der Waals surface area contributed by atoms with Crippen LogP contribution in [0.25, 0.3) is 0 Å². The van der Waals surface area contributed by atoms with E-state index < -0.39 is 0 Å². The number of amides is 1. The average molecular weight is 319 g/mol. The Morgan fingerprint density at radius 2 is 1.90 bits per heavy atom. The summed E-state index contributed by atoms with van der Waals surface area (Å²) in [6, 6.07) is 0.0630. The SMILES string of the molecule is COC(=O)CCCCCNC(=O)C1C2CCC(C2)C1N.Cl. The molecular formula is C15H27ClN2O3. The number of hydrogen-bond donors (Lipinski definition) is 2. The van der Waals surface area contributed by atoms with Crippen LogP contribution in [0.4, 0.5) is 0 Å². The van der Waals surface area contributed by atoms with E-state index in [1.54, 1.807) is 0 Å². The molecule has 4 unspecified atom stereocenters. The van der Waals surface area contributed by atoms with E-state index in [-0.39, 0.29) is 36.2 Å². The molecule has 0 saturated heterocycles. The lowest BCUT2D eigenvalue weighted by Crippen LogP contribution is -2.45. The zero-order valence-corrected chi connectivity index (χ0v) is 13.5. The van der Waals surface area contributed by atoms with E-state index in [2.05, 4.69) is 10.1 Å². The standard InChI is InChI=1S/C15H26N2O3.ClH/c1-20-12(18)5-3-2-4-8-17-15(19)13-10-6-7-11(9-10)14(13)16;/h10-11,13-14H,2-9,16H2,1H3,(H,17,19);1H. The highest BCUT2D eigenvalue weighted by atomic mass is 35.5. The fourth-order valence-electron chi connectivity index (χ4n) is 3.73. The number of esters is 1. The number of ether oxygens (including phenoxy) is 1. The van der Waals surface area contributed by atoms with Gasteiger partial charge in [0.2, 0.25) is 5.91 Å². The molecular weight excluding hydrogens is 292 g/mol. The lowest BCUT2D eigenvalue weighted by Gasteiger charge is -2.27. The molecule has 0 spiro atoms. The van der Waals surface area contributed by atoms with Crippen molar-refractivity contribution in [3.05, 3.63) is 0 Å². The number of hydrogen-bond acceptors (Lipinski definition) is 4. The Hall–Kier alpha value is -0.810. The smallest absolute Gasteiger partial charge is 0.305 e. The topological polar surface area (TPSA) is 81.4 Å². The van der Waals surface area contributed by atoms with Crippen LogP contribution in [0.5, 0.6) is 0 Å². The van der Waals surface area contributed by atoms with Crippen molar-refractivity contribution < 1.29 is 14.3 Å². The van der Waals surface area contributed by atoms with Crippen LogP contribution in [0.3, 0.4) is 0 Å². The summed E-state index contributed by atoms with van der Waals surface area (Å²) < 4.78 is 4.58. The fourth-order valence-corrected chi connectivity index (χ4v) is 3.73. The first-order chi connectivity index (χ1) is 9.63. The maximum atomic E-state index is 12.2. The molecule has 3 N–H and O–H groups in total. The van der Waals surface area contributed by atoms with E-state index in [9.17, 15) is 9.59 Å². The Morgan fingerprint density at radius 1 is 1.19 bits per heavy atom. The summed E-state index contributed by atoms with van der Waals surface area (Å²) in [5.74, 6) is 1.08. The lowest BCUT2D eigenvalue weighted by molar-refractivity contribution is -0.140. The summed E-state index contributed by atoms with van der Waals surface area (Å²) in [5.41, 5.74) is 6.15. The minimum atomic E-state index is -0.165. The summed E-state index contributed by atoms with van der Waals surface area (Å²) in [6.45, 7) is 0.681. The quantitative estimate of drug-likeness (QED) is 0.552. The third-order valence-electron chi connectivity index (χ3n) is 4.87. The number of carbonyl (C=O) groups is 2. The van der Waals surface area contributed by atoms with Crippen molar-refractivity contribution in [2.24, 2.45) is 23.5 Å². The van der Waals surface area contributed by atoms with Crippen molar-refractivity contribution in [2.45, 2.75) is 51.0 Å². The van der Waals surface area contributed by atoms with E-state index in [0.717, 1.165) is 32.1 Å². The zero-order chi connectivity index (χ0) is 14.5. The van der Waals surface area contributed by atoms with E-state index >= 15 is 0 Å². The molecule has 2 fully saturated rings. The molecule has 4 atom stereocenters. The van der Waals surface area contributed by atoms with Gasteiger partial charge in [0.25, 0.3) is 0 Å². The molecule has 0 radical (unpaired) electrons. The van der Waals surface area contributed by atoms with Gasteiger partial charge in [0.1, 0.15) is 0 Å². The van der Waals surface area contributed by atoms with Crippen LogP contribution < -0.4 is 11.1 Å². The Bertz CT molecular complexity index is 363. The summed E-state index contributed by atoms with van der Waals surface area (Å²) in [6.07, 6.45) is 6.60. The Morgan fingerprint density at radius 3 is 2.52 bits per heavy atom. The van der Waals surface area contributed by atoms with Gasteiger partial charge in [-0.15, -0.1) is 12.4 Å². The molecule has 2 rings (SSSR count). The Balaban J connectivity index is 0.00000220. The average Bonchev–Trinajstić information content (AvgIpc) is 3.02. The van der Waals surface area contributed by atoms with Gasteiger partial charge in [-0.05, 0) is 43.9 Å². The molecule has 0 aromatic carbocycles. The molecule has 2 bridgehead atoms. The highest BCUT2D eigenvalue weighted by molar-refractivity contribution is 5.85. The van der Waals surface area contributed by atoms with Crippen LogP contribution in [0.15, 0.2) is 0 Å². The molecule has 0 aliphatic heterocycles. The molecule has 0 aromatic heterocycles. The third kappa shape index (κ3) is 4.58. The van der Waals surface area contributed by atoms with Crippen LogP contribution in [0, 0.1) is 17.8 Å². The maximum absolute atomic E-state index is 12.2. The van der Waals surface area contributed by atoms with E-state index in [1.807, 2.05) is 0 Å². The van der Waals surface area contributed by atoms with E-state index in [4.69, 9.17) is 5.73 Å². The molecule has 6 heteroatoms. The fraction of sp³-hybridized carbons (Fsp3) is 0.867. The minimum absolute atomic E-state index is 0. The van der Waals surface area contributed by atoms with Crippen LogP contribution in [0.1, 0.15) is 44.9 Å². The van der Waals surface area contributed by atoms with Crippen molar-refractivity contribution in [3.63, 3.8) is 0 Å². The predicted molar refractivity (Wildman–Crippen MR) is 83.0 cm³/mol. The zero-order valence-electron chi connectivity index (χ0n) is 12.7. The van der Waals surface area contributed by atoms with Gasteiger partial charge in [-0.25, -0.2) is 0 Å². The molecule has 2 aliphatic rings. The number of halogens is 1. The number of fused-ring (bicyclic) bond motifs is 2. The van der Waals surface area contributed by atoms with Crippen molar-refractivity contribution in [3.8, 4) is 0 Å². The van der Waals surface area contributed by atoms with E-state index in [1.165, 1.54) is 13.5 Å². The normalized spacial score (nSPS) is 29.8. The van der Waals surface area contributed by atoms with Gasteiger partial charge in [-0.3, -0.25) is 9.59 Å². The second kappa shape index (κ2) is 8.59. The van der Waals surface area contributed by atoms with Crippen molar-refractivity contribution in [1.29, 1.82) is 0 Å². The van der Waals surface area contributed by atoms with Gasteiger partial charge in [-0.1, -0.05) is 6.42 Å². The Kier molecular flexibility index (Phi) is 7.46. The third-order valence-corrected chi connectivity index (χ3v) is 4.87. The monoisotopic (exact) mass is 318 g/mol. The molecule has 5 nitrogen and oxygen atoms in total. The number of nitrogens with one attached hydrogen (secondary N) is 1. The molecule has 0 heterocycles. The lowest BCUT2D eigenvalue weighted by atomic mass is 9.84. The highest BCUT2D eigenvalue weighted by Gasteiger charge is 2.48. The molecule has 2 saturated carbocycles. The molecule has 21 heavy (non-hydrogen) atoms. The highest BCUT2D eigenvalue weighted by Crippen LogP contribution is 2.47. The summed E-state index contributed by atoms with van der Waals surface area (Å²) in [7, 11) is 1.40. The van der Waals surface area contributed by atoms with Gasteiger partial charge < -0.3 is 15.8 Å². The largest absolute Gasteiger partial charge is 0.469 e. The van der Waals surface area contributed by atoms with Gasteiger partial charge in [0.15, 0.2) is 0 Å². The number of methoxy groups -OCH3 is 1. The summed E-state index contributed by atoms with van der Waals surface area (Å²) in [5, 5.41) is 3.01. The second-order valence-corrected chi connectivity index (χ2v) is 6.11. The van der Waals surface area contributed by atoms with Gasteiger partial charge >= 0.3 is 5.97 Å². The second-order valence-electron chi connectivity index (χ2n) is 6.11.